The van der Waals surface area contributed by atoms with Crippen LogP contribution in [0.25, 0.3) is 0 Å². The van der Waals surface area contributed by atoms with Gasteiger partial charge in [-0.2, -0.15) is 0 Å². The number of benzene rings is 2. The number of nitrogens with zero attached hydrogens (tertiary/aromatic N) is 2. The van der Waals surface area contributed by atoms with Gasteiger partial charge < -0.3 is 9.84 Å². The molecule has 1 aliphatic heterocycles. The molecule has 4 nitrogen and oxygen atoms in total. The fourth-order valence-electron chi connectivity index (χ4n) is 3.14. The maximum Gasteiger partial charge on any atom is 0.119 e. The maximum atomic E-state index is 10.2. The molecule has 3 rings (SSSR count). The summed E-state index contributed by atoms with van der Waals surface area (Å²) in [6.07, 6.45) is -0.455. The first-order valence-corrected chi connectivity index (χ1v) is 9.05. The highest BCUT2D eigenvalue weighted by Crippen LogP contribution is 2.11. The molecule has 0 radical (unpaired) electrons. The number of hydrogen-bond acceptors (Lipinski definition) is 4. The average molecular weight is 340 g/mol. The Morgan fingerprint density at radius 3 is 2.24 bits per heavy atom. The van der Waals surface area contributed by atoms with E-state index in [1.807, 2.05) is 30.3 Å². The van der Waals surface area contributed by atoms with E-state index in [9.17, 15) is 5.11 Å². The molecular weight excluding hydrogens is 312 g/mol. The summed E-state index contributed by atoms with van der Waals surface area (Å²) in [6, 6.07) is 18.4. The Morgan fingerprint density at radius 2 is 1.56 bits per heavy atom. The van der Waals surface area contributed by atoms with Crippen molar-refractivity contribution in [1.82, 2.24) is 9.80 Å². The van der Waals surface area contributed by atoms with E-state index < -0.39 is 6.10 Å². The molecule has 1 heterocycles. The molecule has 4 heteroatoms. The van der Waals surface area contributed by atoms with Crippen LogP contribution >= 0.6 is 0 Å². The van der Waals surface area contributed by atoms with Crippen molar-refractivity contribution in [3.05, 3.63) is 65.7 Å². The maximum absolute atomic E-state index is 10.2. The monoisotopic (exact) mass is 340 g/mol. The first-order valence-electron chi connectivity index (χ1n) is 9.05. The summed E-state index contributed by atoms with van der Waals surface area (Å²) >= 11 is 0. The van der Waals surface area contributed by atoms with Gasteiger partial charge >= 0.3 is 0 Å². The number of rotatable bonds is 7. The fourth-order valence-corrected chi connectivity index (χ4v) is 3.14. The quantitative estimate of drug-likeness (QED) is 0.840. The molecule has 0 bridgehead atoms. The lowest BCUT2D eigenvalue weighted by Gasteiger charge is -2.35. The minimum atomic E-state index is -0.455. The molecule has 2 aromatic carbocycles. The summed E-state index contributed by atoms with van der Waals surface area (Å²) in [5.41, 5.74) is 2.68. The molecule has 2 aromatic rings. The van der Waals surface area contributed by atoms with Crippen molar-refractivity contribution in [3.8, 4) is 5.75 Å². The highest BCUT2D eigenvalue weighted by atomic mass is 16.5. The van der Waals surface area contributed by atoms with E-state index in [4.69, 9.17) is 4.74 Å². The summed E-state index contributed by atoms with van der Waals surface area (Å²) in [7, 11) is 0. The van der Waals surface area contributed by atoms with Gasteiger partial charge in [-0.1, -0.05) is 48.0 Å². The molecule has 1 fully saturated rings. The number of aliphatic hydroxyl groups is 1. The van der Waals surface area contributed by atoms with Gasteiger partial charge in [0.05, 0.1) is 0 Å². The molecule has 1 atom stereocenters. The Labute approximate surface area is 150 Å². The fraction of sp³-hybridized carbons (Fsp3) is 0.429. The van der Waals surface area contributed by atoms with Crippen LogP contribution in [-0.4, -0.2) is 60.3 Å². The molecule has 0 amide bonds. The summed E-state index contributed by atoms with van der Waals surface area (Å²) in [4.78, 5) is 4.80. The van der Waals surface area contributed by atoms with Crippen LogP contribution in [0.2, 0.25) is 0 Å². The Balaban J connectivity index is 1.36. The molecule has 1 saturated heterocycles. The van der Waals surface area contributed by atoms with Gasteiger partial charge in [0.25, 0.3) is 0 Å². The largest absolute Gasteiger partial charge is 0.491 e. The van der Waals surface area contributed by atoms with Gasteiger partial charge in [0.15, 0.2) is 0 Å². The van der Waals surface area contributed by atoms with Gasteiger partial charge in [0.1, 0.15) is 18.5 Å². The zero-order valence-electron chi connectivity index (χ0n) is 15.0. The Hall–Kier alpha value is -1.88. The topological polar surface area (TPSA) is 35.9 Å². The van der Waals surface area contributed by atoms with Crippen LogP contribution in [0.3, 0.4) is 0 Å². The first-order chi connectivity index (χ1) is 12.2. The highest BCUT2D eigenvalue weighted by molar-refractivity contribution is 5.21. The number of hydrogen-bond donors (Lipinski definition) is 1. The summed E-state index contributed by atoms with van der Waals surface area (Å²) in [5, 5.41) is 10.2. The van der Waals surface area contributed by atoms with E-state index in [1.54, 1.807) is 0 Å². The van der Waals surface area contributed by atoms with Crippen molar-refractivity contribution in [2.45, 2.75) is 19.6 Å². The third kappa shape index (κ3) is 5.85. The molecule has 1 aliphatic rings. The van der Waals surface area contributed by atoms with Crippen LogP contribution in [-0.2, 0) is 6.54 Å². The highest BCUT2D eigenvalue weighted by Gasteiger charge is 2.19. The molecule has 0 aromatic heterocycles. The van der Waals surface area contributed by atoms with Crippen LogP contribution < -0.4 is 4.74 Å². The molecule has 1 N–H and O–H groups in total. The first kappa shape index (κ1) is 17.9. The minimum Gasteiger partial charge on any atom is -0.491 e. The standard InChI is InChI=1S/C21H28N2O2/c1-18-7-9-19(10-8-18)15-22-11-13-23(14-12-22)16-20(24)17-25-21-5-3-2-4-6-21/h2-10,20,24H,11-17H2,1H3. The molecule has 0 aliphatic carbocycles. The van der Waals surface area contributed by atoms with E-state index in [1.165, 1.54) is 11.1 Å². The van der Waals surface area contributed by atoms with E-state index in [2.05, 4.69) is 41.0 Å². The average Bonchev–Trinajstić information content (AvgIpc) is 2.64. The second-order valence-electron chi connectivity index (χ2n) is 6.84. The van der Waals surface area contributed by atoms with E-state index in [-0.39, 0.29) is 0 Å². The molecule has 0 spiro atoms. The predicted molar refractivity (Wildman–Crippen MR) is 101 cm³/mol. The van der Waals surface area contributed by atoms with Crippen molar-refractivity contribution in [2.75, 3.05) is 39.3 Å². The third-order valence-corrected chi connectivity index (χ3v) is 4.65. The molecular formula is C21H28N2O2. The Morgan fingerprint density at radius 1 is 0.920 bits per heavy atom. The number of aryl methyl sites for hydroxylation is 1. The van der Waals surface area contributed by atoms with Gasteiger partial charge in [-0.25, -0.2) is 0 Å². The van der Waals surface area contributed by atoms with Crippen molar-refractivity contribution in [1.29, 1.82) is 0 Å². The van der Waals surface area contributed by atoms with Crippen LogP contribution in [0.15, 0.2) is 54.6 Å². The zero-order valence-corrected chi connectivity index (χ0v) is 15.0. The number of β-amino-alcohol motifs (C(OH)–C–C–N with tert-alkyl or cyclic N) is 1. The molecule has 1 unspecified atom stereocenters. The zero-order chi connectivity index (χ0) is 17.5. The molecule has 25 heavy (non-hydrogen) atoms. The van der Waals surface area contributed by atoms with E-state index in [0.29, 0.717) is 13.2 Å². The van der Waals surface area contributed by atoms with Gasteiger partial charge in [-0.3, -0.25) is 9.80 Å². The van der Waals surface area contributed by atoms with Gasteiger partial charge in [-0.05, 0) is 24.6 Å². The van der Waals surface area contributed by atoms with Crippen LogP contribution in [0.5, 0.6) is 5.75 Å². The lowest BCUT2D eigenvalue weighted by molar-refractivity contribution is 0.0446. The van der Waals surface area contributed by atoms with Crippen LogP contribution in [0, 0.1) is 6.92 Å². The number of para-hydroxylation sites is 1. The molecule has 0 saturated carbocycles. The summed E-state index contributed by atoms with van der Waals surface area (Å²) < 4.78 is 5.63. The van der Waals surface area contributed by atoms with Gasteiger partial charge in [-0.15, -0.1) is 0 Å². The Bertz CT molecular complexity index is 622. The number of piperazine rings is 1. The second-order valence-corrected chi connectivity index (χ2v) is 6.84. The Kier molecular flexibility index (Phi) is 6.45. The minimum absolute atomic E-state index is 0.341. The summed E-state index contributed by atoms with van der Waals surface area (Å²) in [5.74, 6) is 0.810. The molecule has 134 valence electrons. The van der Waals surface area contributed by atoms with Crippen molar-refractivity contribution >= 4 is 0 Å². The van der Waals surface area contributed by atoms with Crippen molar-refractivity contribution in [3.63, 3.8) is 0 Å². The third-order valence-electron chi connectivity index (χ3n) is 4.65. The van der Waals surface area contributed by atoms with E-state index in [0.717, 1.165) is 38.5 Å². The van der Waals surface area contributed by atoms with Gasteiger partial charge in [0, 0.05) is 39.3 Å². The van der Waals surface area contributed by atoms with Crippen molar-refractivity contribution in [2.24, 2.45) is 0 Å². The van der Waals surface area contributed by atoms with E-state index >= 15 is 0 Å². The van der Waals surface area contributed by atoms with Crippen molar-refractivity contribution < 1.29 is 9.84 Å². The van der Waals surface area contributed by atoms with Crippen LogP contribution in [0.1, 0.15) is 11.1 Å². The normalized spacial score (nSPS) is 17.4. The van der Waals surface area contributed by atoms with Gasteiger partial charge in [0.2, 0.25) is 0 Å². The number of ether oxygens (including phenoxy) is 1. The predicted octanol–water partition coefficient (Wildman–Crippen LogP) is 2.55. The number of aliphatic hydroxyl groups excluding tert-OH is 1. The lowest BCUT2D eigenvalue weighted by atomic mass is 10.1. The second kappa shape index (κ2) is 8.99. The lowest BCUT2D eigenvalue weighted by Crippen LogP contribution is -2.48. The SMILES string of the molecule is Cc1ccc(CN2CCN(CC(O)COc3ccccc3)CC2)cc1. The summed E-state index contributed by atoms with van der Waals surface area (Å²) in [6.45, 7) is 8.21. The smallest absolute Gasteiger partial charge is 0.119 e. The van der Waals surface area contributed by atoms with Crippen LogP contribution in [0.4, 0.5) is 0 Å².